The van der Waals surface area contributed by atoms with Crippen LogP contribution in [0.5, 0.6) is 11.6 Å². The quantitative estimate of drug-likeness (QED) is 0.738. The van der Waals surface area contributed by atoms with Crippen LogP contribution >= 0.6 is 11.6 Å². The van der Waals surface area contributed by atoms with E-state index in [1.54, 1.807) is 18.3 Å². The molecule has 2 heterocycles. The molecule has 0 amide bonds. The number of pyridine rings is 1. The molecule has 0 aliphatic rings. The molecule has 0 unspecified atom stereocenters. The first-order valence-electron chi connectivity index (χ1n) is 7.54. The summed E-state index contributed by atoms with van der Waals surface area (Å²) in [6.07, 6.45) is 1.72. The van der Waals surface area contributed by atoms with E-state index in [1.165, 1.54) is 0 Å². The first-order valence-corrected chi connectivity index (χ1v) is 7.92. The van der Waals surface area contributed by atoms with Crippen molar-refractivity contribution in [2.45, 2.75) is 20.4 Å². The van der Waals surface area contributed by atoms with Crippen LogP contribution in [0, 0.1) is 13.8 Å². The summed E-state index contributed by atoms with van der Waals surface area (Å²) < 4.78 is 6.07. The number of nitrogens with one attached hydrogen (secondary N) is 1. The minimum atomic E-state index is 0.362. The number of nitrogens with zero attached hydrogens (tertiary/aromatic N) is 3. The van der Waals surface area contributed by atoms with Gasteiger partial charge in [0.2, 0.25) is 5.88 Å². The average molecular weight is 341 g/mol. The van der Waals surface area contributed by atoms with Crippen molar-refractivity contribution < 1.29 is 4.74 Å². The first-order chi connectivity index (χ1) is 11.6. The van der Waals surface area contributed by atoms with Gasteiger partial charge in [-0.25, -0.2) is 4.98 Å². The third-order valence-electron chi connectivity index (χ3n) is 3.55. The normalized spacial score (nSPS) is 10.5. The summed E-state index contributed by atoms with van der Waals surface area (Å²) in [7, 11) is 0. The lowest BCUT2D eigenvalue weighted by Gasteiger charge is -2.14. The second-order valence-electron chi connectivity index (χ2n) is 5.39. The highest BCUT2D eigenvalue weighted by Gasteiger charge is 2.10. The van der Waals surface area contributed by atoms with E-state index in [4.69, 9.17) is 16.3 Å². The van der Waals surface area contributed by atoms with E-state index in [9.17, 15) is 0 Å². The number of hydrogen-bond acceptors (Lipinski definition) is 5. The molecule has 0 aliphatic carbocycles. The summed E-state index contributed by atoms with van der Waals surface area (Å²) in [6.45, 7) is 4.56. The van der Waals surface area contributed by atoms with Gasteiger partial charge in [-0.15, -0.1) is 10.2 Å². The number of rotatable bonds is 5. The number of aryl methyl sites for hydroxylation is 2. The maximum Gasteiger partial charge on any atom is 0.224 e. The Labute approximate surface area is 145 Å². The molecular weight excluding hydrogens is 324 g/mol. The van der Waals surface area contributed by atoms with Crippen LogP contribution in [0.1, 0.15) is 16.7 Å². The molecule has 24 heavy (non-hydrogen) atoms. The van der Waals surface area contributed by atoms with Gasteiger partial charge in [-0.05, 0) is 43.2 Å². The third-order valence-corrected chi connectivity index (χ3v) is 3.75. The smallest absolute Gasteiger partial charge is 0.224 e. The molecule has 0 bridgehead atoms. The second-order valence-corrected chi connectivity index (χ2v) is 5.77. The van der Waals surface area contributed by atoms with Crippen molar-refractivity contribution >= 4 is 17.4 Å². The fraction of sp³-hybridized carbons (Fsp3) is 0.167. The van der Waals surface area contributed by atoms with Gasteiger partial charge in [-0.3, -0.25) is 0 Å². The van der Waals surface area contributed by atoms with Gasteiger partial charge in [0.05, 0.1) is 0 Å². The lowest BCUT2D eigenvalue weighted by molar-refractivity contribution is 0.450. The fourth-order valence-corrected chi connectivity index (χ4v) is 2.40. The molecule has 0 saturated carbocycles. The first kappa shape index (κ1) is 16.2. The standard InChI is InChI=1S/C18H17ClN4O/c1-12-5-3-6-13(2)17(12)24-18-14(7-4-10-20-18)11-21-16-9-8-15(19)22-23-16/h3-10H,11H2,1-2H3,(H,21,23). The lowest BCUT2D eigenvalue weighted by atomic mass is 10.1. The van der Waals surface area contributed by atoms with Crippen LogP contribution in [0.4, 0.5) is 5.82 Å². The number of para-hydroxylation sites is 1. The van der Waals surface area contributed by atoms with Crippen LogP contribution in [0.25, 0.3) is 0 Å². The van der Waals surface area contributed by atoms with Gasteiger partial charge in [-0.2, -0.15) is 0 Å². The molecule has 0 atom stereocenters. The number of halogens is 1. The molecule has 0 spiro atoms. The Morgan fingerprint density at radius 2 is 1.79 bits per heavy atom. The summed E-state index contributed by atoms with van der Waals surface area (Å²) >= 11 is 5.74. The maximum absolute atomic E-state index is 6.07. The van der Waals surface area contributed by atoms with Gasteiger partial charge in [0.15, 0.2) is 5.15 Å². The molecule has 0 radical (unpaired) electrons. The summed E-state index contributed by atoms with van der Waals surface area (Å²) in [6, 6.07) is 13.4. The molecular formula is C18H17ClN4O. The maximum atomic E-state index is 6.07. The van der Waals surface area contributed by atoms with Crippen molar-refractivity contribution in [1.29, 1.82) is 0 Å². The van der Waals surface area contributed by atoms with Crippen molar-refractivity contribution in [3.05, 3.63) is 70.5 Å². The van der Waals surface area contributed by atoms with E-state index in [-0.39, 0.29) is 0 Å². The van der Waals surface area contributed by atoms with Crippen molar-refractivity contribution in [1.82, 2.24) is 15.2 Å². The van der Waals surface area contributed by atoms with Gasteiger partial charge in [0.25, 0.3) is 0 Å². The highest BCUT2D eigenvalue weighted by Crippen LogP contribution is 2.29. The summed E-state index contributed by atoms with van der Waals surface area (Å²) in [4.78, 5) is 4.36. The Hall–Kier alpha value is -2.66. The summed E-state index contributed by atoms with van der Waals surface area (Å²) in [5, 5.41) is 11.3. The number of anilines is 1. The minimum absolute atomic E-state index is 0.362. The summed E-state index contributed by atoms with van der Waals surface area (Å²) in [5.41, 5.74) is 3.07. The van der Waals surface area contributed by atoms with Crippen LogP contribution in [0.3, 0.4) is 0 Å². The third kappa shape index (κ3) is 3.81. The minimum Gasteiger partial charge on any atom is -0.438 e. The zero-order chi connectivity index (χ0) is 16.9. The van der Waals surface area contributed by atoms with E-state index in [0.717, 1.165) is 22.4 Å². The van der Waals surface area contributed by atoms with Gasteiger partial charge in [0, 0.05) is 18.3 Å². The molecule has 1 N–H and O–H groups in total. The average Bonchev–Trinajstić information content (AvgIpc) is 2.59. The molecule has 0 saturated heterocycles. The zero-order valence-electron chi connectivity index (χ0n) is 13.5. The monoisotopic (exact) mass is 340 g/mol. The van der Waals surface area contributed by atoms with Gasteiger partial charge < -0.3 is 10.1 Å². The molecule has 1 aromatic carbocycles. The highest BCUT2D eigenvalue weighted by atomic mass is 35.5. The molecule has 0 aliphatic heterocycles. The van der Waals surface area contributed by atoms with E-state index in [1.807, 2.05) is 44.2 Å². The van der Waals surface area contributed by atoms with Crippen molar-refractivity contribution in [2.75, 3.05) is 5.32 Å². The van der Waals surface area contributed by atoms with E-state index >= 15 is 0 Å². The Bertz CT molecular complexity index is 816. The Morgan fingerprint density at radius 1 is 1.00 bits per heavy atom. The second kappa shape index (κ2) is 7.27. The lowest BCUT2D eigenvalue weighted by Crippen LogP contribution is -2.05. The molecule has 2 aromatic heterocycles. The number of ether oxygens (including phenoxy) is 1. The molecule has 5 nitrogen and oxygen atoms in total. The number of aromatic nitrogens is 3. The van der Waals surface area contributed by atoms with Crippen LogP contribution in [0.15, 0.2) is 48.7 Å². The Balaban J connectivity index is 1.79. The summed E-state index contributed by atoms with van der Waals surface area (Å²) in [5.74, 6) is 2.05. The van der Waals surface area contributed by atoms with Crippen LogP contribution < -0.4 is 10.1 Å². The molecule has 3 aromatic rings. The predicted octanol–water partition coefficient (Wildman–Crippen LogP) is 4.55. The van der Waals surface area contributed by atoms with Crippen LogP contribution in [-0.4, -0.2) is 15.2 Å². The van der Waals surface area contributed by atoms with Gasteiger partial charge in [-0.1, -0.05) is 35.9 Å². The number of benzene rings is 1. The van der Waals surface area contributed by atoms with Crippen molar-refractivity contribution in [2.24, 2.45) is 0 Å². The fourth-order valence-electron chi connectivity index (χ4n) is 2.30. The molecule has 3 rings (SSSR count). The van der Waals surface area contributed by atoms with E-state index in [0.29, 0.717) is 23.4 Å². The highest BCUT2D eigenvalue weighted by molar-refractivity contribution is 6.29. The zero-order valence-corrected chi connectivity index (χ0v) is 14.2. The van der Waals surface area contributed by atoms with E-state index in [2.05, 4.69) is 20.5 Å². The SMILES string of the molecule is Cc1cccc(C)c1Oc1ncccc1CNc1ccc(Cl)nn1. The Kier molecular flexibility index (Phi) is 4.91. The van der Waals surface area contributed by atoms with E-state index < -0.39 is 0 Å². The van der Waals surface area contributed by atoms with Crippen molar-refractivity contribution in [3.8, 4) is 11.6 Å². The Morgan fingerprint density at radius 3 is 2.50 bits per heavy atom. The molecule has 6 heteroatoms. The molecule has 0 fully saturated rings. The van der Waals surface area contributed by atoms with Gasteiger partial charge in [0.1, 0.15) is 11.6 Å². The van der Waals surface area contributed by atoms with Gasteiger partial charge >= 0.3 is 0 Å². The largest absolute Gasteiger partial charge is 0.438 e. The number of hydrogen-bond donors (Lipinski definition) is 1. The molecule has 122 valence electrons. The predicted molar refractivity (Wildman–Crippen MR) is 94.6 cm³/mol. The van der Waals surface area contributed by atoms with Crippen LogP contribution in [-0.2, 0) is 6.54 Å². The topological polar surface area (TPSA) is 59.9 Å². The van der Waals surface area contributed by atoms with Crippen molar-refractivity contribution in [3.63, 3.8) is 0 Å². The van der Waals surface area contributed by atoms with Crippen LogP contribution in [0.2, 0.25) is 5.15 Å².